The first-order valence-corrected chi connectivity index (χ1v) is 11.7. The number of carbonyl (C=O) groups excluding carboxylic acids is 2. The van der Waals surface area contributed by atoms with Crippen LogP contribution in [0.3, 0.4) is 0 Å². The molecule has 0 radical (unpaired) electrons. The van der Waals surface area contributed by atoms with Crippen LogP contribution >= 0.6 is 0 Å². The molecule has 10 heteroatoms. The Morgan fingerprint density at radius 1 is 1.26 bits per heavy atom. The fraction of sp³-hybridized carbons (Fsp3) is 0.480. The van der Waals surface area contributed by atoms with E-state index in [9.17, 15) is 28.3 Å². The molecule has 35 heavy (non-hydrogen) atoms. The first kappa shape index (κ1) is 24.8. The first-order valence-electron chi connectivity index (χ1n) is 11.7. The molecule has 3 heterocycles. The Hall–Kier alpha value is -3.27. The Balaban J connectivity index is 1.68. The standard InChI is InChI=1S/C25H30F2N4O4/c1-14(2)9-30-10-15(3)11-31-24(35)20-22(33)21(32)18(12-29(20)13-25(30,31)4)23(34)28-8-16-5-6-17(26)7-19(16)27/h5-7,12,14-15,33H,8-11,13H2,1-4H3,(H,28,34)/t15-,25?/m1/s1. The second-order valence-corrected chi connectivity index (χ2v) is 10.2. The van der Waals surface area contributed by atoms with Crippen molar-refractivity contribution in [3.63, 3.8) is 0 Å². The largest absolute Gasteiger partial charge is 0.503 e. The van der Waals surface area contributed by atoms with Crippen molar-refractivity contribution in [2.75, 3.05) is 19.6 Å². The van der Waals surface area contributed by atoms with Gasteiger partial charge >= 0.3 is 0 Å². The van der Waals surface area contributed by atoms with Crippen molar-refractivity contribution in [1.29, 1.82) is 0 Å². The molecular weight excluding hydrogens is 458 g/mol. The number of rotatable bonds is 5. The van der Waals surface area contributed by atoms with Crippen molar-refractivity contribution >= 4 is 11.8 Å². The summed E-state index contributed by atoms with van der Waals surface area (Å²) in [5.74, 6) is -3.09. The molecule has 2 amide bonds. The van der Waals surface area contributed by atoms with Gasteiger partial charge in [0.1, 0.15) is 22.9 Å². The van der Waals surface area contributed by atoms with Gasteiger partial charge in [-0.3, -0.25) is 19.3 Å². The lowest BCUT2D eigenvalue weighted by Gasteiger charge is -2.57. The van der Waals surface area contributed by atoms with Gasteiger partial charge in [-0.05, 0) is 24.8 Å². The zero-order chi connectivity index (χ0) is 25.7. The second kappa shape index (κ2) is 9.07. The smallest absolute Gasteiger partial charge is 0.276 e. The number of halogens is 2. The Labute approximate surface area is 202 Å². The van der Waals surface area contributed by atoms with E-state index < -0.39 is 40.3 Å². The third-order valence-electron chi connectivity index (χ3n) is 6.75. The third-order valence-corrected chi connectivity index (χ3v) is 6.75. The molecule has 0 aliphatic carbocycles. The van der Waals surface area contributed by atoms with Gasteiger partial charge in [-0.15, -0.1) is 0 Å². The van der Waals surface area contributed by atoms with Gasteiger partial charge in [0.05, 0.1) is 6.54 Å². The molecule has 4 rings (SSSR count). The molecule has 2 atom stereocenters. The normalized spacial score (nSPS) is 22.2. The van der Waals surface area contributed by atoms with Gasteiger partial charge in [-0.1, -0.05) is 26.8 Å². The summed E-state index contributed by atoms with van der Waals surface area (Å²) in [5, 5.41) is 13.1. The van der Waals surface area contributed by atoms with E-state index in [0.29, 0.717) is 18.5 Å². The molecule has 1 aromatic heterocycles. The summed E-state index contributed by atoms with van der Waals surface area (Å²) in [6, 6.07) is 2.97. The van der Waals surface area contributed by atoms with E-state index in [1.807, 2.05) is 6.92 Å². The van der Waals surface area contributed by atoms with E-state index in [0.717, 1.165) is 19.2 Å². The lowest BCUT2D eigenvalue weighted by atomic mass is 9.93. The zero-order valence-electron chi connectivity index (χ0n) is 20.3. The molecule has 2 aromatic rings. The predicted molar refractivity (Wildman–Crippen MR) is 125 cm³/mol. The Bertz CT molecular complexity index is 1240. The van der Waals surface area contributed by atoms with Crippen LogP contribution in [0.4, 0.5) is 8.78 Å². The van der Waals surface area contributed by atoms with Crippen LogP contribution in [-0.4, -0.2) is 56.6 Å². The fourth-order valence-electron chi connectivity index (χ4n) is 5.06. The number of fused-ring (bicyclic) bond motifs is 2. The number of nitrogens with one attached hydrogen (secondary N) is 1. The highest BCUT2D eigenvalue weighted by molar-refractivity contribution is 5.99. The third kappa shape index (κ3) is 4.42. The minimum absolute atomic E-state index is 0.0426. The maximum atomic E-state index is 13.9. The molecule has 1 fully saturated rings. The van der Waals surface area contributed by atoms with Crippen LogP contribution in [0.2, 0.25) is 0 Å². The maximum absolute atomic E-state index is 13.9. The molecule has 2 aliphatic rings. The average Bonchev–Trinajstić information content (AvgIpc) is 2.76. The minimum atomic E-state index is -0.977. The number of amides is 2. The number of hydrogen-bond acceptors (Lipinski definition) is 5. The van der Waals surface area contributed by atoms with E-state index in [2.05, 4.69) is 31.0 Å². The average molecular weight is 489 g/mol. The van der Waals surface area contributed by atoms with Crippen LogP contribution in [0.1, 0.15) is 54.1 Å². The second-order valence-electron chi connectivity index (χ2n) is 10.2. The van der Waals surface area contributed by atoms with Crippen molar-refractivity contribution in [3.05, 3.63) is 63.1 Å². The molecule has 2 aliphatic heterocycles. The molecule has 1 aromatic carbocycles. The van der Waals surface area contributed by atoms with Crippen molar-refractivity contribution in [1.82, 2.24) is 19.7 Å². The molecular formula is C25H30F2N4O4. The van der Waals surface area contributed by atoms with Gasteiger partial charge in [-0.2, -0.15) is 0 Å². The summed E-state index contributed by atoms with van der Waals surface area (Å²) in [4.78, 5) is 43.1. The van der Waals surface area contributed by atoms with Crippen molar-refractivity contribution in [2.24, 2.45) is 11.8 Å². The van der Waals surface area contributed by atoms with Crippen LogP contribution in [-0.2, 0) is 13.1 Å². The van der Waals surface area contributed by atoms with Crippen molar-refractivity contribution < 1.29 is 23.5 Å². The summed E-state index contributed by atoms with van der Waals surface area (Å²) in [6.45, 7) is 10.2. The van der Waals surface area contributed by atoms with Crippen LogP contribution in [0, 0.1) is 23.5 Å². The number of aromatic nitrogens is 1. The minimum Gasteiger partial charge on any atom is -0.503 e. The molecule has 0 bridgehead atoms. The monoisotopic (exact) mass is 488 g/mol. The lowest BCUT2D eigenvalue weighted by molar-refractivity contribution is -0.0978. The van der Waals surface area contributed by atoms with Crippen molar-refractivity contribution in [2.45, 2.75) is 46.4 Å². The van der Waals surface area contributed by atoms with E-state index in [-0.39, 0.29) is 35.8 Å². The first-order chi connectivity index (χ1) is 16.4. The SMILES string of the molecule is CC(C)CN1C[C@@H](C)CN2C(=O)c3c(O)c(=O)c(C(=O)NCc4ccc(F)cc4F)cn3CC12C. The number of pyridine rings is 1. The summed E-state index contributed by atoms with van der Waals surface area (Å²) >= 11 is 0. The Morgan fingerprint density at radius 2 is 1.97 bits per heavy atom. The fourth-order valence-corrected chi connectivity index (χ4v) is 5.06. The number of aromatic hydroxyl groups is 1. The highest BCUT2D eigenvalue weighted by atomic mass is 19.1. The molecule has 2 N–H and O–H groups in total. The summed E-state index contributed by atoms with van der Waals surface area (Å²) in [7, 11) is 0. The van der Waals surface area contributed by atoms with Gasteiger partial charge in [0.2, 0.25) is 5.43 Å². The Kier molecular flexibility index (Phi) is 6.44. The molecule has 1 unspecified atom stereocenters. The van der Waals surface area contributed by atoms with Crippen LogP contribution in [0.25, 0.3) is 0 Å². The van der Waals surface area contributed by atoms with E-state index in [4.69, 9.17) is 0 Å². The number of carbonyl (C=O) groups is 2. The summed E-state index contributed by atoms with van der Waals surface area (Å²) < 4.78 is 28.5. The van der Waals surface area contributed by atoms with Gasteiger partial charge in [-0.25, -0.2) is 8.78 Å². The zero-order valence-corrected chi connectivity index (χ0v) is 20.3. The Morgan fingerprint density at radius 3 is 2.63 bits per heavy atom. The maximum Gasteiger partial charge on any atom is 0.276 e. The number of benzene rings is 1. The summed E-state index contributed by atoms with van der Waals surface area (Å²) in [5.41, 5.74) is -2.14. The van der Waals surface area contributed by atoms with Gasteiger partial charge in [0.15, 0.2) is 11.4 Å². The predicted octanol–water partition coefficient (Wildman–Crippen LogP) is 2.54. The highest BCUT2D eigenvalue weighted by Crippen LogP contribution is 2.37. The van der Waals surface area contributed by atoms with Crippen LogP contribution < -0.4 is 10.7 Å². The van der Waals surface area contributed by atoms with E-state index >= 15 is 0 Å². The van der Waals surface area contributed by atoms with Gasteiger partial charge in [0, 0.05) is 44.0 Å². The highest BCUT2D eigenvalue weighted by Gasteiger charge is 2.50. The molecule has 0 spiro atoms. The van der Waals surface area contributed by atoms with E-state index in [1.54, 1.807) is 4.90 Å². The quantitative estimate of drug-likeness (QED) is 0.675. The lowest BCUT2D eigenvalue weighted by Crippen LogP contribution is -2.71. The topological polar surface area (TPSA) is 94.9 Å². The molecule has 1 saturated heterocycles. The van der Waals surface area contributed by atoms with Gasteiger partial charge in [0.25, 0.3) is 11.8 Å². The number of hydrogen-bond donors (Lipinski definition) is 2. The number of nitrogens with zero attached hydrogens (tertiary/aromatic N) is 3. The molecule has 188 valence electrons. The van der Waals surface area contributed by atoms with Gasteiger partial charge < -0.3 is 19.9 Å². The molecule has 0 saturated carbocycles. The van der Waals surface area contributed by atoms with Crippen LogP contribution in [0.5, 0.6) is 5.75 Å². The summed E-state index contributed by atoms with van der Waals surface area (Å²) in [6.07, 6.45) is 1.28. The van der Waals surface area contributed by atoms with E-state index in [1.165, 1.54) is 16.8 Å². The van der Waals surface area contributed by atoms with Crippen LogP contribution in [0.15, 0.2) is 29.2 Å². The molecule has 8 nitrogen and oxygen atoms in total. The van der Waals surface area contributed by atoms with Crippen molar-refractivity contribution in [3.8, 4) is 5.75 Å².